The highest BCUT2D eigenvalue weighted by Gasteiger charge is 2.01. The van der Waals surface area contributed by atoms with Gasteiger partial charge in [0, 0.05) is 12.2 Å². The molecule has 202 valence electrons. The molecule has 0 aliphatic carbocycles. The molecule has 0 unspecified atom stereocenters. The molecular formula is C27H52O7. The second kappa shape index (κ2) is 28.2. The molecule has 0 amide bonds. The first-order valence-electron chi connectivity index (χ1n) is 13.4. The van der Waals surface area contributed by atoms with E-state index in [2.05, 4.69) is 13.5 Å². The zero-order valence-corrected chi connectivity index (χ0v) is 22.1. The first kappa shape index (κ1) is 33.0. The highest BCUT2D eigenvalue weighted by Crippen LogP contribution is 2.11. The van der Waals surface area contributed by atoms with Crippen LogP contribution in [-0.4, -0.2) is 78.6 Å². The average Bonchev–Trinajstić information content (AvgIpc) is 2.83. The van der Waals surface area contributed by atoms with E-state index in [9.17, 15) is 4.79 Å². The fraction of sp³-hybridized carbons (Fsp3) is 0.889. The van der Waals surface area contributed by atoms with Crippen molar-refractivity contribution in [3.63, 3.8) is 0 Å². The molecule has 0 rings (SSSR count). The van der Waals surface area contributed by atoms with Crippen LogP contribution in [0.4, 0.5) is 0 Å². The molecule has 0 saturated carbocycles. The zero-order chi connectivity index (χ0) is 25.0. The minimum absolute atomic E-state index is 0.221. The van der Waals surface area contributed by atoms with Crippen molar-refractivity contribution in [2.24, 2.45) is 0 Å². The Morgan fingerprint density at radius 2 is 0.824 bits per heavy atom. The average molecular weight is 489 g/mol. The Kier molecular flexibility index (Phi) is 27.4. The molecule has 0 fully saturated rings. The normalized spacial score (nSPS) is 11.1. The molecule has 0 atom stereocenters. The first-order valence-corrected chi connectivity index (χ1v) is 13.4. The monoisotopic (exact) mass is 488 g/mol. The number of hydrogen-bond acceptors (Lipinski definition) is 7. The Bertz CT molecular complexity index is 443. The molecule has 7 heteroatoms. The maximum absolute atomic E-state index is 11.2. The molecule has 0 N–H and O–H groups in total. The van der Waals surface area contributed by atoms with Crippen LogP contribution < -0.4 is 0 Å². The predicted molar refractivity (Wildman–Crippen MR) is 136 cm³/mol. The van der Waals surface area contributed by atoms with Gasteiger partial charge in [-0.15, -0.1) is 0 Å². The maximum atomic E-state index is 11.2. The molecule has 0 bridgehead atoms. The third-order valence-electron chi connectivity index (χ3n) is 5.19. The lowest BCUT2D eigenvalue weighted by atomic mass is 10.1. The van der Waals surface area contributed by atoms with Crippen LogP contribution in [-0.2, 0) is 33.2 Å². The van der Waals surface area contributed by atoms with Gasteiger partial charge in [0.2, 0.25) is 0 Å². The van der Waals surface area contributed by atoms with E-state index in [0.717, 1.165) is 13.0 Å². The summed E-state index contributed by atoms with van der Waals surface area (Å²) in [6, 6.07) is 0. The first-order chi connectivity index (χ1) is 16.7. The van der Waals surface area contributed by atoms with Crippen molar-refractivity contribution in [2.75, 3.05) is 72.7 Å². The van der Waals surface area contributed by atoms with Gasteiger partial charge in [-0.2, -0.15) is 0 Å². The van der Waals surface area contributed by atoms with Crippen LogP contribution in [0.1, 0.15) is 84.5 Å². The third-order valence-corrected chi connectivity index (χ3v) is 5.19. The van der Waals surface area contributed by atoms with Gasteiger partial charge >= 0.3 is 5.97 Å². The molecule has 0 heterocycles. The van der Waals surface area contributed by atoms with E-state index >= 15 is 0 Å². The number of carbonyl (C=O) groups excluding carboxylic acids is 1. The topological polar surface area (TPSA) is 72.5 Å². The van der Waals surface area contributed by atoms with Gasteiger partial charge in [0.1, 0.15) is 6.61 Å². The largest absolute Gasteiger partial charge is 0.460 e. The Hall–Kier alpha value is -0.990. The fourth-order valence-corrected chi connectivity index (χ4v) is 3.17. The van der Waals surface area contributed by atoms with Crippen LogP contribution in [0.25, 0.3) is 0 Å². The van der Waals surface area contributed by atoms with E-state index in [4.69, 9.17) is 28.4 Å². The second-order valence-corrected chi connectivity index (χ2v) is 8.51. The summed E-state index contributed by atoms with van der Waals surface area (Å²) in [5.74, 6) is -0.395. The van der Waals surface area contributed by atoms with Gasteiger partial charge in [0.25, 0.3) is 0 Å². The van der Waals surface area contributed by atoms with Crippen molar-refractivity contribution < 1.29 is 33.2 Å². The lowest BCUT2D eigenvalue weighted by molar-refractivity contribution is -0.140. The van der Waals surface area contributed by atoms with Gasteiger partial charge in [0.05, 0.1) is 59.5 Å². The fourth-order valence-electron chi connectivity index (χ4n) is 3.17. The molecule has 0 aromatic carbocycles. The lowest BCUT2D eigenvalue weighted by Crippen LogP contribution is -2.15. The molecule has 0 spiro atoms. The SMILES string of the molecule is C=C(C)C(=O)OCCOCCOCCOCCOCCOCCCCCCCCCCCCC. The van der Waals surface area contributed by atoms with Crippen molar-refractivity contribution in [2.45, 2.75) is 84.5 Å². The smallest absolute Gasteiger partial charge is 0.333 e. The standard InChI is InChI=1S/C27H52O7/c1-4-5-6-7-8-9-10-11-12-13-14-15-29-16-17-30-18-19-31-20-21-32-22-23-33-24-25-34-27(28)26(2)3/h2,4-25H2,1,3H3. The lowest BCUT2D eigenvalue weighted by Gasteiger charge is -2.08. The van der Waals surface area contributed by atoms with Gasteiger partial charge < -0.3 is 28.4 Å². The highest BCUT2D eigenvalue weighted by atomic mass is 16.6. The summed E-state index contributed by atoms with van der Waals surface area (Å²) >= 11 is 0. The Labute approximate surface area is 208 Å². The molecule has 0 aromatic heterocycles. The van der Waals surface area contributed by atoms with Crippen LogP contribution >= 0.6 is 0 Å². The predicted octanol–water partition coefficient (Wildman–Crippen LogP) is 5.50. The van der Waals surface area contributed by atoms with Crippen LogP contribution in [0.5, 0.6) is 0 Å². The molecule has 0 aliphatic heterocycles. The van der Waals surface area contributed by atoms with E-state index in [1.54, 1.807) is 6.92 Å². The van der Waals surface area contributed by atoms with Gasteiger partial charge in [0.15, 0.2) is 0 Å². The van der Waals surface area contributed by atoms with E-state index < -0.39 is 5.97 Å². The zero-order valence-electron chi connectivity index (χ0n) is 22.1. The summed E-state index contributed by atoms with van der Waals surface area (Å²) in [5, 5.41) is 0. The summed E-state index contributed by atoms with van der Waals surface area (Å²) in [6.07, 6.45) is 14.9. The summed E-state index contributed by atoms with van der Waals surface area (Å²) in [7, 11) is 0. The molecule has 0 saturated heterocycles. The molecule has 34 heavy (non-hydrogen) atoms. The maximum Gasteiger partial charge on any atom is 0.333 e. The Balaban J connectivity index is 3.05. The van der Waals surface area contributed by atoms with E-state index in [0.29, 0.717) is 65.0 Å². The van der Waals surface area contributed by atoms with Gasteiger partial charge in [-0.05, 0) is 13.3 Å². The Morgan fingerprint density at radius 1 is 0.500 bits per heavy atom. The summed E-state index contributed by atoms with van der Waals surface area (Å²) in [4.78, 5) is 11.2. The van der Waals surface area contributed by atoms with Crippen molar-refractivity contribution >= 4 is 5.97 Å². The molecular weight excluding hydrogens is 436 g/mol. The van der Waals surface area contributed by atoms with Crippen LogP contribution in [0.15, 0.2) is 12.2 Å². The van der Waals surface area contributed by atoms with Crippen LogP contribution in [0.3, 0.4) is 0 Å². The number of unbranched alkanes of at least 4 members (excludes halogenated alkanes) is 10. The van der Waals surface area contributed by atoms with Crippen molar-refractivity contribution in [3.8, 4) is 0 Å². The third kappa shape index (κ3) is 27.3. The second-order valence-electron chi connectivity index (χ2n) is 8.51. The number of hydrogen-bond donors (Lipinski definition) is 0. The summed E-state index contributed by atoms with van der Waals surface area (Å²) < 4.78 is 32.2. The molecule has 0 radical (unpaired) electrons. The number of ether oxygens (including phenoxy) is 6. The van der Waals surface area contributed by atoms with Crippen LogP contribution in [0.2, 0.25) is 0 Å². The quantitative estimate of drug-likeness (QED) is 0.0818. The van der Waals surface area contributed by atoms with Gasteiger partial charge in [-0.3, -0.25) is 0 Å². The van der Waals surface area contributed by atoms with E-state index in [1.165, 1.54) is 64.2 Å². The molecule has 7 nitrogen and oxygen atoms in total. The van der Waals surface area contributed by atoms with Crippen molar-refractivity contribution in [3.05, 3.63) is 12.2 Å². The van der Waals surface area contributed by atoms with Crippen molar-refractivity contribution in [1.29, 1.82) is 0 Å². The minimum atomic E-state index is -0.395. The van der Waals surface area contributed by atoms with Gasteiger partial charge in [-0.1, -0.05) is 77.7 Å². The van der Waals surface area contributed by atoms with Crippen molar-refractivity contribution in [1.82, 2.24) is 0 Å². The van der Waals surface area contributed by atoms with Crippen LogP contribution in [0, 0.1) is 0 Å². The molecule has 0 aliphatic rings. The summed E-state index contributed by atoms with van der Waals surface area (Å²) in [5.41, 5.74) is 0.386. The van der Waals surface area contributed by atoms with Gasteiger partial charge in [-0.25, -0.2) is 4.79 Å². The number of rotatable bonds is 28. The number of esters is 1. The minimum Gasteiger partial charge on any atom is -0.460 e. The summed E-state index contributed by atoms with van der Waals surface area (Å²) in [6.45, 7) is 13.1. The van der Waals surface area contributed by atoms with E-state index in [1.807, 2.05) is 0 Å². The van der Waals surface area contributed by atoms with E-state index in [-0.39, 0.29) is 6.61 Å². The Morgan fingerprint density at radius 3 is 1.21 bits per heavy atom. The highest BCUT2D eigenvalue weighted by molar-refractivity contribution is 5.86. The number of carbonyl (C=O) groups is 1. The molecule has 0 aromatic rings.